The Morgan fingerprint density at radius 3 is 2.55 bits per heavy atom. The molecule has 1 atom stereocenters. The average molecular weight is 564 g/mol. The number of fused-ring (bicyclic) bond motifs is 1. The summed E-state index contributed by atoms with van der Waals surface area (Å²) in [6, 6.07) is 7.19. The van der Waals surface area contributed by atoms with Crippen LogP contribution in [-0.2, 0) is 15.8 Å². The van der Waals surface area contributed by atoms with Gasteiger partial charge in [-0.15, -0.1) is 0 Å². The molecule has 2 aromatic rings. The second-order valence-electron chi connectivity index (χ2n) is 8.69. The number of halogens is 1. The number of carbonyl (C=O) groups is 3. The summed E-state index contributed by atoms with van der Waals surface area (Å²) in [4.78, 5) is 45.7. The van der Waals surface area contributed by atoms with E-state index in [4.69, 9.17) is 0 Å². The number of hydrogen-bond donors (Lipinski definition) is 2. The number of imidazole rings is 1. The Kier molecular flexibility index (Phi) is 7.20. The first-order valence-corrected chi connectivity index (χ1v) is 12.7. The second kappa shape index (κ2) is 10.1. The Balaban J connectivity index is 1.21. The number of aromatic nitrogens is 2. The third-order valence-corrected chi connectivity index (χ3v) is 7.14. The number of rotatable bonds is 6. The third kappa shape index (κ3) is 5.31. The van der Waals surface area contributed by atoms with Gasteiger partial charge >= 0.3 is 12.1 Å². The summed E-state index contributed by atoms with van der Waals surface area (Å²) in [6.07, 6.45) is 3.51. The number of amides is 4. The number of urea groups is 1. The molecular weight excluding hydrogens is 535 g/mol. The van der Waals surface area contributed by atoms with E-state index < -0.39 is 0 Å². The van der Waals surface area contributed by atoms with Crippen LogP contribution < -0.4 is 10.6 Å². The molecule has 2 N–H and O–H groups in total. The fourth-order valence-electron chi connectivity index (χ4n) is 4.46. The molecule has 176 valence electrons. The van der Waals surface area contributed by atoms with E-state index in [1.165, 1.54) is 5.56 Å². The molecule has 33 heavy (non-hydrogen) atoms. The molecule has 4 rings (SSSR count). The van der Waals surface area contributed by atoms with Gasteiger partial charge in [0.25, 0.3) is 0 Å². The molecule has 4 amide bonds. The van der Waals surface area contributed by atoms with Gasteiger partial charge in [0.1, 0.15) is 5.82 Å². The van der Waals surface area contributed by atoms with E-state index in [1.54, 1.807) is 10.8 Å². The molecule has 1 unspecified atom stereocenters. The van der Waals surface area contributed by atoms with Gasteiger partial charge in [0.05, 0.1) is 18.4 Å². The van der Waals surface area contributed by atoms with Crippen LogP contribution in [0.3, 0.4) is 0 Å². The number of benzene rings is 1. The predicted molar refractivity (Wildman–Crippen MR) is 133 cm³/mol. The third-order valence-electron chi connectivity index (χ3n) is 6.26. The minimum absolute atomic E-state index is 0.0162. The van der Waals surface area contributed by atoms with Crippen molar-refractivity contribution in [3.8, 4) is 0 Å². The maximum Gasteiger partial charge on any atom is 0.330 e. The molecule has 3 heterocycles. The molecule has 9 nitrogen and oxygen atoms in total. The number of nitrogens with zero attached hydrogens (tertiary/aromatic N) is 4. The highest BCUT2D eigenvalue weighted by Gasteiger charge is 2.36. The quantitative estimate of drug-likeness (QED) is 0.415. The lowest BCUT2D eigenvalue weighted by atomic mass is 10.0. The van der Waals surface area contributed by atoms with E-state index >= 15 is 0 Å². The molecule has 0 bridgehead atoms. The van der Waals surface area contributed by atoms with Crippen molar-refractivity contribution >= 4 is 46.2 Å². The van der Waals surface area contributed by atoms with Crippen LogP contribution in [0.4, 0.5) is 15.3 Å². The summed E-state index contributed by atoms with van der Waals surface area (Å²) in [6.45, 7) is 5.47. The highest BCUT2D eigenvalue weighted by Crippen LogP contribution is 2.26. The van der Waals surface area contributed by atoms with Crippen LogP contribution in [0.5, 0.6) is 0 Å². The lowest BCUT2D eigenvalue weighted by Crippen LogP contribution is -2.48. The summed E-state index contributed by atoms with van der Waals surface area (Å²) >= 11 is 2.29. The van der Waals surface area contributed by atoms with Crippen molar-refractivity contribution in [2.75, 3.05) is 18.4 Å². The largest absolute Gasteiger partial charge is 0.342 e. The van der Waals surface area contributed by atoms with Crippen molar-refractivity contribution in [1.82, 2.24) is 24.7 Å². The molecule has 1 fully saturated rings. The van der Waals surface area contributed by atoms with E-state index in [1.807, 2.05) is 47.9 Å². The lowest BCUT2D eigenvalue weighted by Gasteiger charge is -2.36. The van der Waals surface area contributed by atoms with Crippen LogP contribution in [0, 0.1) is 6.92 Å². The molecule has 0 spiro atoms. The van der Waals surface area contributed by atoms with Crippen LogP contribution in [-0.4, -0.2) is 62.5 Å². The Morgan fingerprint density at radius 2 is 1.91 bits per heavy atom. The van der Waals surface area contributed by atoms with Gasteiger partial charge in [0, 0.05) is 41.7 Å². The molecule has 2 aliphatic heterocycles. The predicted octanol–water partition coefficient (Wildman–Crippen LogP) is 3.50. The molecule has 0 radical (unpaired) electrons. The zero-order valence-corrected chi connectivity index (χ0v) is 21.0. The maximum absolute atomic E-state index is 12.8. The summed E-state index contributed by atoms with van der Waals surface area (Å²) in [5.41, 5.74) is 2.84. The number of aryl methyl sites for hydroxylation is 1. The van der Waals surface area contributed by atoms with Crippen molar-refractivity contribution in [3.05, 3.63) is 47.5 Å². The first-order valence-electron chi connectivity index (χ1n) is 11.2. The number of alkyl halides is 1. The number of carbonyl (C=O) groups excluding carboxylic acids is 3. The Labute approximate surface area is 207 Å². The van der Waals surface area contributed by atoms with Crippen LogP contribution in [0.1, 0.15) is 43.3 Å². The Morgan fingerprint density at radius 1 is 1.21 bits per heavy atom. The van der Waals surface area contributed by atoms with E-state index in [-0.39, 0.29) is 36.5 Å². The van der Waals surface area contributed by atoms with Gasteiger partial charge in [0.15, 0.2) is 0 Å². The summed E-state index contributed by atoms with van der Waals surface area (Å²) in [5.74, 6) is 0.736. The Hall–Kier alpha value is -2.63. The average Bonchev–Trinajstić information content (AvgIpc) is 3.33. The SMILES string of the molecule is Cc1ncc2n1C(=O)N(C1CCN(C(=O)CC(C)NC(=O)Nc3ccc(CI)cc3)CC1)C2. The number of nitrogens with one attached hydrogen (secondary N) is 2. The maximum atomic E-state index is 12.8. The highest BCUT2D eigenvalue weighted by atomic mass is 127. The number of hydrogen-bond acceptors (Lipinski definition) is 4. The van der Waals surface area contributed by atoms with Crippen molar-refractivity contribution in [3.63, 3.8) is 0 Å². The number of anilines is 1. The zero-order chi connectivity index (χ0) is 23.5. The standard InChI is InChI=1S/C23H29IN6O3/c1-15(26-22(32)27-18-5-3-17(12-24)4-6-18)11-21(31)28-9-7-19(8-10-28)29-14-20-13-25-16(2)30(20)23(29)33/h3-6,13,15,19H,7-12,14H2,1-2H3,(H2,26,27,32). The molecule has 1 aromatic heterocycles. The van der Waals surface area contributed by atoms with Crippen molar-refractivity contribution < 1.29 is 14.4 Å². The monoisotopic (exact) mass is 564 g/mol. The molecular formula is C23H29IN6O3. The van der Waals surface area contributed by atoms with Gasteiger partial charge < -0.3 is 20.4 Å². The number of likely N-dealkylation sites (tertiary alicyclic amines) is 1. The van der Waals surface area contributed by atoms with Crippen LogP contribution in [0.2, 0.25) is 0 Å². The van der Waals surface area contributed by atoms with Gasteiger partial charge in [-0.05, 0) is 44.4 Å². The summed E-state index contributed by atoms with van der Waals surface area (Å²) < 4.78 is 2.59. The normalized spacial score (nSPS) is 17.1. The second-order valence-corrected chi connectivity index (χ2v) is 9.45. The first kappa shape index (κ1) is 23.5. The van der Waals surface area contributed by atoms with Crippen LogP contribution in [0.15, 0.2) is 30.5 Å². The topological polar surface area (TPSA) is 99.6 Å². The van der Waals surface area contributed by atoms with Crippen molar-refractivity contribution in [2.24, 2.45) is 0 Å². The van der Waals surface area contributed by atoms with E-state index in [0.29, 0.717) is 25.5 Å². The highest BCUT2D eigenvalue weighted by molar-refractivity contribution is 14.1. The fraction of sp³-hybridized carbons (Fsp3) is 0.478. The smallest absolute Gasteiger partial charge is 0.330 e. The van der Waals surface area contributed by atoms with Gasteiger partial charge in [0.2, 0.25) is 5.91 Å². The molecule has 1 saturated heterocycles. The van der Waals surface area contributed by atoms with Crippen LogP contribution in [0.25, 0.3) is 0 Å². The van der Waals surface area contributed by atoms with Crippen LogP contribution >= 0.6 is 22.6 Å². The van der Waals surface area contributed by atoms with E-state index in [2.05, 4.69) is 38.2 Å². The van der Waals surface area contributed by atoms with Gasteiger partial charge in [-0.2, -0.15) is 0 Å². The lowest BCUT2D eigenvalue weighted by molar-refractivity contribution is -0.133. The first-order chi connectivity index (χ1) is 15.9. The number of piperidine rings is 1. The minimum atomic E-state index is -0.322. The molecule has 0 aliphatic carbocycles. The molecule has 10 heteroatoms. The van der Waals surface area contributed by atoms with Gasteiger partial charge in [-0.3, -0.25) is 9.36 Å². The van der Waals surface area contributed by atoms with Gasteiger partial charge in [-0.25, -0.2) is 14.6 Å². The zero-order valence-electron chi connectivity index (χ0n) is 18.9. The van der Waals surface area contributed by atoms with Crippen molar-refractivity contribution in [1.29, 1.82) is 0 Å². The van der Waals surface area contributed by atoms with E-state index in [0.717, 1.165) is 28.7 Å². The Bertz CT molecular complexity index is 1030. The summed E-state index contributed by atoms with van der Waals surface area (Å²) in [5, 5.41) is 5.64. The molecule has 0 saturated carbocycles. The molecule has 1 aromatic carbocycles. The van der Waals surface area contributed by atoms with Gasteiger partial charge in [-0.1, -0.05) is 34.7 Å². The van der Waals surface area contributed by atoms with Crippen molar-refractivity contribution in [2.45, 2.75) is 56.2 Å². The van der Waals surface area contributed by atoms with E-state index in [9.17, 15) is 14.4 Å². The minimum Gasteiger partial charge on any atom is -0.342 e. The fourth-order valence-corrected chi connectivity index (χ4v) is 4.97. The summed E-state index contributed by atoms with van der Waals surface area (Å²) in [7, 11) is 0. The molecule has 2 aliphatic rings.